The van der Waals surface area contributed by atoms with Crippen LogP contribution in [-0.2, 0) is 4.79 Å². The molecule has 0 unspecified atom stereocenters. The van der Waals surface area contributed by atoms with Crippen molar-refractivity contribution in [2.75, 3.05) is 0 Å². The molecule has 4 aromatic rings. The number of rotatable bonds is 6. The van der Waals surface area contributed by atoms with Crippen LogP contribution in [0.25, 0.3) is 10.8 Å². The lowest BCUT2D eigenvalue weighted by atomic mass is 9.97. The molecule has 1 amide bonds. The molecule has 0 radical (unpaired) electrons. The van der Waals surface area contributed by atoms with Gasteiger partial charge in [-0.1, -0.05) is 96.6 Å². The van der Waals surface area contributed by atoms with Crippen LogP contribution in [0.1, 0.15) is 29.7 Å². The minimum Gasteiger partial charge on any atom is -0.480 e. The molecule has 0 saturated carbocycles. The number of benzene rings is 4. The lowest BCUT2D eigenvalue weighted by molar-refractivity contribution is -0.127. The molecule has 2 atom stereocenters. The van der Waals surface area contributed by atoms with E-state index < -0.39 is 6.10 Å². The van der Waals surface area contributed by atoms with Crippen molar-refractivity contribution in [3.05, 3.63) is 114 Å². The van der Waals surface area contributed by atoms with Gasteiger partial charge in [0.15, 0.2) is 6.10 Å². The van der Waals surface area contributed by atoms with Crippen LogP contribution in [-0.4, -0.2) is 12.0 Å². The fourth-order valence-electron chi connectivity index (χ4n) is 3.57. The van der Waals surface area contributed by atoms with E-state index in [2.05, 4.69) is 36.5 Å². The Hall–Kier alpha value is -3.59. The summed E-state index contributed by atoms with van der Waals surface area (Å²) in [7, 11) is 0. The van der Waals surface area contributed by atoms with Crippen molar-refractivity contribution in [1.82, 2.24) is 5.32 Å². The van der Waals surface area contributed by atoms with Gasteiger partial charge in [-0.2, -0.15) is 0 Å². The van der Waals surface area contributed by atoms with Gasteiger partial charge in [-0.15, -0.1) is 0 Å². The first-order valence-electron chi connectivity index (χ1n) is 10.2. The molecule has 0 aromatic heterocycles. The molecule has 4 aromatic carbocycles. The molecule has 150 valence electrons. The predicted octanol–water partition coefficient (Wildman–Crippen LogP) is 5.82. The quantitative estimate of drug-likeness (QED) is 0.447. The minimum atomic E-state index is -0.632. The lowest BCUT2D eigenvalue weighted by Gasteiger charge is -2.23. The van der Waals surface area contributed by atoms with Crippen LogP contribution in [0.15, 0.2) is 97.1 Å². The van der Waals surface area contributed by atoms with Crippen LogP contribution >= 0.6 is 0 Å². The number of hydrogen-bond donors (Lipinski definition) is 1. The Balaban J connectivity index is 1.56. The molecule has 0 bridgehead atoms. The molecule has 3 heteroatoms. The second-order valence-electron chi connectivity index (χ2n) is 7.50. The van der Waals surface area contributed by atoms with Gasteiger partial charge in [0.1, 0.15) is 5.75 Å². The fraction of sp³-hybridized carbons (Fsp3) is 0.148. The summed E-state index contributed by atoms with van der Waals surface area (Å²) >= 11 is 0. The average Bonchev–Trinajstić information content (AvgIpc) is 2.79. The van der Waals surface area contributed by atoms with Crippen molar-refractivity contribution in [3.8, 4) is 5.75 Å². The number of ether oxygens (including phenoxy) is 1. The molecule has 0 heterocycles. The smallest absolute Gasteiger partial charge is 0.261 e. The van der Waals surface area contributed by atoms with E-state index >= 15 is 0 Å². The van der Waals surface area contributed by atoms with Crippen LogP contribution in [0.3, 0.4) is 0 Å². The summed E-state index contributed by atoms with van der Waals surface area (Å²) < 4.78 is 6.07. The SMILES string of the molecule is Cc1ccc([C@@H](NC(=O)[C@@H](C)Oc2cccc3ccccc23)c2ccccc2)cc1. The topological polar surface area (TPSA) is 38.3 Å². The Morgan fingerprint density at radius 1 is 0.767 bits per heavy atom. The van der Waals surface area contributed by atoms with E-state index in [0.29, 0.717) is 5.75 Å². The van der Waals surface area contributed by atoms with E-state index in [1.807, 2.05) is 72.8 Å². The second kappa shape index (κ2) is 8.83. The van der Waals surface area contributed by atoms with E-state index in [1.54, 1.807) is 6.92 Å². The number of nitrogens with one attached hydrogen (secondary N) is 1. The maximum atomic E-state index is 13.1. The number of aryl methyl sites for hydroxylation is 1. The highest BCUT2D eigenvalue weighted by atomic mass is 16.5. The third kappa shape index (κ3) is 4.36. The van der Waals surface area contributed by atoms with Gasteiger partial charge in [-0.25, -0.2) is 0 Å². The number of carbonyl (C=O) groups excluding carboxylic acids is 1. The first kappa shape index (κ1) is 19.7. The van der Waals surface area contributed by atoms with Gasteiger partial charge >= 0.3 is 0 Å². The summed E-state index contributed by atoms with van der Waals surface area (Å²) in [6.45, 7) is 3.84. The Morgan fingerprint density at radius 2 is 1.40 bits per heavy atom. The van der Waals surface area contributed by atoms with Gasteiger partial charge in [0, 0.05) is 5.39 Å². The number of hydrogen-bond acceptors (Lipinski definition) is 2. The van der Waals surface area contributed by atoms with Crippen LogP contribution < -0.4 is 10.1 Å². The van der Waals surface area contributed by atoms with Crippen molar-refractivity contribution in [2.45, 2.75) is 26.0 Å². The van der Waals surface area contributed by atoms with E-state index in [-0.39, 0.29) is 11.9 Å². The molecular formula is C27H25NO2. The van der Waals surface area contributed by atoms with Crippen molar-refractivity contribution in [1.29, 1.82) is 0 Å². The monoisotopic (exact) mass is 395 g/mol. The Bertz CT molecular complexity index is 1130. The lowest BCUT2D eigenvalue weighted by Crippen LogP contribution is -2.39. The van der Waals surface area contributed by atoms with Crippen LogP contribution in [0.2, 0.25) is 0 Å². The van der Waals surface area contributed by atoms with Gasteiger partial charge in [0.25, 0.3) is 5.91 Å². The van der Waals surface area contributed by atoms with Crippen molar-refractivity contribution in [2.24, 2.45) is 0 Å². The molecule has 0 aliphatic heterocycles. The van der Waals surface area contributed by atoms with Crippen molar-refractivity contribution in [3.63, 3.8) is 0 Å². The number of amides is 1. The van der Waals surface area contributed by atoms with Gasteiger partial charge in [0.2, 0.25) is 0 Å². The summed E-state index contributed by atoms with van der Waals surface area (Å²) in [5.41, 5.74) is 3.26. The molecule has 1 N–H and O–H groups in total. The van der Waals surface area contributed by atoms with Gasteiger partial charge < -0.3 is 10.1 Å². The summed E-state index contributed by atoms with van der Waals surface area (Å²) in [5.74, 6) is 0.555. The molecular weight excluding hydrogens is 370 g/mol. The normalized spacial score (nSPS) is 12.9. The molecule has 0 aliphatic carbocycles. The summed E-state index contributed by atoms with van der Waals surface area (Å²) in [6.07, 6.45) is -0.632. The van der Waals surface area contributed by atoms with Gasteiger partial charge in [-0.05, 0) is 36.4 Å². The molecule has 4 rings (SSSR count). The highest BCUT2D eigenvalue weighted by Gasteiger charge is 2.22. The highest BCUT2D eigenvalue weighted by molar-refractivity contribution is 5.89. The van der Waals surface area contributed by atoms with Crippen LogP contribution in [0.4, 0.5) is 0 Å². The fourth-order valence-corrected chi connectivity index (χ4v) is 3.57. The summed E-state index contributed by atoms with van der Waals surface area (Å²) in [6, 6.07) is 31.9. The molecule has 0 fully saturated rings. The average molecular weight is 396 g/mol. The Labute approximate surface area is 177 Å². The summed E-state index contributed by atoms with van der Waals surface area (Å²) in [5, 5.41) is 5.26. The summed E-state index contributed by atoms with van der Waals surface area (Å²) in [4.78, 5) is 13.1. The van der Waals surface area contributed by atoms with Crippen LogP contribution in [0.5, 0.6) is 5.75 Å². The van der Waals surface area contributed by atoms with E-state index in [0.717, 1.165) is 21.9 Å². The molecule has 0 spiro atoms. The third-order valence-corrected chi connectivity index (χ3v) is 5.25. The number of carbonyl (C=O) groups is 1. The highest BCUT2D eigenvalue weighted by Crippen LogP contribution is 2.27. The standard InChI is InChI=1S/C27H25NO2/c1-19-15-17-23(18-16-19)26(22-10-4-3-5-11-22)28-27(29)20(2)30-25-14-8-12-21-9-6-7-13-24(21)25/h3-18,20,26H,1-2H3,(H,28,29)/t20-,26+/m1/s1. The minimum absolute atomic E-state index is 0.155. The van der Waals surface area contributed by atoms with E-state index in [9.17, 15) is 4.79 Å². The third-order valence-electron chi connectivity index (χ3n) is 5.25. The maximum absolute atomic E-state index is 13.1. The van der Waals surface area contributed by atoms with E-state index in [4.69, 9.17) is 4.74 Å². The maximum Gasteiger partial charge on any atom is 0.261 e. The molecule has 0 aliphatic rings. The molecule has 30 heavy (non-hydrogen) atoms. The molecule has 3 nitrogen and oxygen atoms in total. The Morgan fingerprint density at radius 3 is 2.17 bits per heavy atom. The Kier molecular flexibility index (Phi) is 5.80. The first-order valence-corrected chi connectivity index (χ1v) is 10.2. The zero-order valence-corrected chi connectivity index (χ0v) is 17.2. The largest absolute Gasteiger partial charge is 0.480 e. The number of fused-ring (bicyclic) bond motifs is 1. The zero-order valence-electron chi connectivity index (χ0n) is 17.2. The molecule has 0 saturated heterocycles. The predicted molar refractivity (Wildman–Crippen MR) is 122 cm³/mol. The van der Waals surface area contributed by atoms with E-state index in [1.165, 1.54) is 5.56 Å². The van der Waals surface area contributed by atoms with Crippen LogP contribution in [0, 0.1) is 6.92 Å². The van der Waals surface area contributed by atoms with Gasteiger partial charge in [0.05, 0.1) is 6.04 Å². The van der Waals surface area contributed by atoms with Crippen molar-refractivity contribution >= 4 is 16.7 Å². The van der Waals surface area contributed by atoms with Crippen molar-refractivity contribution < 1.29 is 9.53 Å². The zero-order chi connectivity index (χ0) is 20.9. The van der Waals surface area contributed by atoms with Gasteiger partial charge in [-0.3, -0.25) is 4.79 Å². The first-order chi connectivity index (χ1) is 14.6. The second-order valence-corrected chi connectivity index (χ2v) is 7.50.